The number of phenols is 1. The number of hydrogen-bond donors (Lipinski definition) is 2. The van der Waals surface area contributed by atoms with E-state index < -0.39 is 11.4 Å². The van der Waals surface area contributed by atoms with Gasteiger partial charge in [-0.2, -0.15) is 0 Å². The van der Waals surface area contributed by atoms with E-state index in [1.807, 2.05) is 25.1 Å². The second-order valence-electron chi connectivity index (χ2n) is 6.22. The quantitative estimate of drug-likeness (QED) is 0.873. The monoisotopic (exact) mass is 284 g/mol. The molecule has 2 atom stereocenters. The third-order valence-electron chi connectivity index (χ3n) is 5.09. The van der Waals surface area contributed by atoms with Gasteiger partial charge in [0.25, 0.3) is 0 Å². The molecule has 2 N–H and O–H groups in total. The topological polar surface area (TPSA) is 57.5 Å². The van der Waals surface area contributed by atoms with Gasteiger partial charge in [-0.25, -0.2) is 0 Å². The van der Waals surface area contributed by atoms with Gasteiger partial charge in [-0.1, -0.05) is 25.1 Å². The van der Waals surface area contributed by atoms with Crippen molar-refractivity contribution in [1.82, 2.24) is 0 Å². The van der Waals surface area contributed by atoms with Crippen LogP contribution in [0.5, 0.6) is 5.75 Å². The second-order valence-corrected chi connectivity index (χ2v) is 6.22. The summed E-state index contributed by atoms with van der Waals surface area (Å²) >= 11 is 0. The molecule has 0 heterocycles. The fraction of sp³-hybridized carbons (Fsp3) is 0.389. The third kappa shape index (κ3) is 1.99. The smallest absolute Gasteiger partial charge is 0.309 e. The molecule has 0 bridgehead atoms. The van der Waals surface area contributed by atoms with E-state index in [4.69, 9.17) is 0 Å². The summed E-state index contributed by atoms with van der Waals surface area (Å²) in [4.78, 5) is 11.7. The average Bonchev–Trinajstić information content (AvgIpc) is 2.46. The van der Waals surface area contributed by atoms with Crippen LogP contribution in [0.2, 0.25) is 0 Å². The normalized spacial score (nSPS) is 24.8. The molecule has 2 aromatic rings. The predicted molar refractivity (Wildman–Crippen MR) is 82.7 cm³/mol. The van der Waals surface area contributed by atoms with Gasteiger partial charge >= 0.3 is 5.97 Å². The molecule has 0 saturated carbocycles. The lowest BCUT2D eigenvalue weighted by Gasteiger charge is -2.39. The average molecular weight is 284 g/mol. The summed E-state index contributed by atoms with van der Waals surface area (Å²) in [5.41, 5.74) is 1.72. The molecular weight excluding hydrogens is 264 g/mol. The molecule has 0 saturated heterocycles. The first kappa shape index (κ1) is 13.9. The van der Waals surface area contributed by atoms with Crippen molar-refractivity contribution in [3.8, 4) is 5.75 Å². The van der Waals surface area contributed by atoms with Crippen molar-refractivity contribution in [2.24, 2.45) is 5.41 Å². The number of carboxylic acids is 1. The molecule has 1 aliphatic carbocycles. The van der Waals surface area contributed by atoms with E-state index in [-0.39, 0.29) is 11.7 Å². The Morgan fingerprint density at radius 3 is 2.76 bits per heavy atom. The standard InChI is InChI=1S/C18H20O3/c1-3-16-15-6-4-11-10-12(19)5-7-13(11)14(15)8-9-18(16,2)17(20)21/h4-7,10,16,19H,3,8-9H2,1-2H3,(H,20,21)/t16-,18+/m1/s1. The van der Waals surface area contributed by atoms with Crippen molar-refractivity contribution < 1.29 is 15.0 Å². The molecule has 3 nitrogen and oxygen atoms in total. The second kappa shape index (κ2) is 4.76. The van der Waals surface area contributed by atoms with Crippen LogP contribution in [-0.2, 0) is 11.2 Å². The van der Waals surface area contributed by atoms with Gasteiger partial charge < -0.3 is 10.2 Å². The van der Waals surface area contributed by atoms with Crippen LogP contribution < -0.4 is 0 Å². The van der Waals surface area contributed by atoms with Crippen molar-refractivity contribution in [3.05, 3.63) is 41.5 Å². The van der Waals surface area contributed by atoms with E-state index >= 15 is 0 Å². The molecule has 21 heavy (non-hydrogen) atoms. The van der Waals surface area contributed by atoms with Gasteiger partial charge in [0, 0.05) is 0 Å². The molecule has 0 aromatic heterocycles. The van der Waals surface area contributed by atoms with E-state index in [1.165, 1.54) is 5.56 Å². The van der Waals surface area contributed by atoms with Crippen LogP contribution in [0.15, 0.2) is 30.3 Å². The van der Waals surface area contributed by atoms with E-state index in [0.29, 0.717) is 6.42 Å². The van der Waals surface area contributed by atoms with Crippen LogP contribution in [0.1, 0.15) is 43.7 Å². The molecule has 3 rings (SSSR count). The molecule has 0 radical (unpaired) electrons. The predicted octanol–water partition coefficient (Wildman–Crippen LogP) is 4.08. The molecular formula is C18H20O3. The molecule has 0 spiro atoms. The summed E-state index contributed by atoms with van der Waals surface area (Å²) < 4.78 is 0. The van der Waals surface area contributed by atoms with Gasteiger partial charge in [-0.05, 0) is 66.1 Å². The molecule has 0 fully saturated rings. The highest BCUT2D eigenvalue weighted by molar-refractivity contribution is 5.89. The van der Waals surface area contributed by atoms with E-state index in [9.17, 15) is 15.0 Å². The summed E-state index contributed by atoms with van der Waals surface area (Å²) in [5, 5.41) is 21.4. The number of fused-ring (bicyclic) bond motifs is 3. The Balaban J connectivity index is 2.22. The number of carbonyl (C=O) groups is 1. The van der Waals surface area contributed by atoms with Gasteiger partial charge in [0.15, 0.2) is 0 Å². The maximum absolute atomic E-state index is 11.7. The zero-order valence-corrected chi connectivity index (χ0v) is 12.4. The number of phenolic OH excluding ortho intramolecular Hbond substituents is 1. The van der Waals surface area contributed by atoms with Crippen LogP contribution in [0, 0.1) is 5.41 Å². The Kier molecular flexibility index (Phi) is 3.16. The molecule has 3 heteroatoms. The number of aryl methyl sites for hydroxylation is 1. The number of hydrogen-bond acceptors (Lipinski definition) is 2. The molecule has 1 aliphatic rings. The minimum atomic E-state index is -0.703. The van der Waals surface area contributed by atoms with Crippen molar-refractivity contribution in [2.45, 2.75) is 39.0 Å². The van der Waals surface area contributed by atoms with Gasteiger partial charge in [0.1, 0.15) is 5.75 Å². The maximum atomic E-state index is 11.7. The first-order chi connectivity index (χ1) is 9.97. The first-order valence-electron chi connectivity index (χ1n) is 7.45. The van der Waals surface area contributed by atoms with E-state index in [0.717, 1.165) is 29.2 Å². The Morgan fingerprint density at radius 1 is 1.33 bits per heavy atom. The third-order valence-corrected chi connectivity index (χ3v) is 5.09. The fourth-order valence-electron chi connectivity index (χ4n) is 3.83. The highest BCUT2D eigenvalue weighted by Gasteiger charge is 2.44. The van der Waals surface area contributed by atoms with Gasteiger partial charge in [0.05, 0.1) is 5.41 Å². The number of aliphatic carboxylic acids is 1. The van der Waals surface area contributed by atoms with Crippen LogP contribution in [-0.4, -0.2) is 16.2 Å². The lowest BCUT2D eigenvalue weighted by Crippen LogP contribution is -2.38. The molecule has 2 aromatic carbocycles. The Bertz CT molecular complexity index is 720. The van der Waals surface area contributed by atoms with Gasteiger partial charge in [0.2, 0.25) is 0 Å². The zero-order chi connectivity index (χ0) is 15.2. The summed E-state index contributed by atoms with van der Waals surface area (Å²) in [6.07, 6.45) is 2.25. The van der Waals surface area contributed by atoms with Gasteiger partial charge in [-0.15, -0.1) is 0 Å². The Labute approximate surface area is 124 Å². The Hall–Kier alpha value is -2.03. The highest BCUT2D eigenvalue weighted by atomic mass is 16.4. The van der Waals surface area contributed by atoms with Crippen LogP contribution >= 0.6 is 0 Å². The highest BCUT2D eigenvalue weighted by Crippen LogP contribution is 2.49. The number of benzene rings is 2. The first-order valence-corrected chi connectivity index (χ1v) is 7.45. The molecule has 0 amide bonds. The molecule has 0 unspecified atom stereocenters. The lowest BCUT2D eigenvalue weighted by molar-refractivity contribution is -0.150. The number of carboxylic acid groups (broad SMARTS) is 1. The van der Waals surface area contributed by atoms with E-state index in [2.05, 4.69) is 6.92 Å². The summed E-state index contributed by atoms with van der Waals surface area (Å²) in [6, 6.07) is 9.45. The SMILES string of the molecule is CC[C@@H]1c2ccc3cc(O)ccc3c2CC[C@]1(C)C(=O)O. The minimum Gasteiger partial charge on any atom is -0.508 e. The number of rotatable bonds is 2. The fourth-order valence-corrected chi connectivity index (χ4v) is 3.83. The number of aromatic hydroxyl groups is 1. The minimum absolute atomic E-state index is 0.0388. The summed E-state index contributed by atoms with van der Waals surface area (Å²) in [7, 11) is 0. The van der Waals surface area contributed by atoms with Crippen molar-refractivity contribution in [1.29, 1.82) is 0 Å². The largest absolute Gasteiger partial charge is 0.508 e. The van der Waals surface area contributed by atoms with E-state index in [1.54, 1.807) is 12.1 Å². The van der Waals surface area contributed by atoms with Crippen molar-refractivity contribution in [3.63, 3.8) is 0 Å². The van der Waals surface area contributed by atoms with Crippen molar-refractivity contribution in [2.75, 3.05) is 0 Å². The van der Waals surface area contributed by atoms with Crippen molar-refractivity contribution >= 4 is 16.7 Å². The van der Waals surface area contributed by atoms with Crippen LogP contribution in [0.3, 0.4) is 0 Å². The van der Waals surface area contributed by atoms with Crippen LogP contribution in [0.25, 0.3) is 10.8 Å². The maximum Gasteiger partial charge on any atom is 0.309 e. The molecule has 110 valence electrons. The molecule has 0 aliphatic heterocycles. The lowest BCUT2D eigenvalue weighted by atomic mass is 9.63. The van der Waals surface area contributed by atoms with Gasteiger partial charge in [-0.3, -0.25) is 4.79 Å². The Morgan fingerprint density at radius 2 is 2.10 bits per heavy atom. The summed E-state index contributed by atoms with van der Waals surface area (Å²) in [5.74, 6) is -0.400. The van der Waals surface area contributed by atoms with Crippen LogP contribution in [0.4, 0.5) is 0 Å². The summed E-state index contributed by atoms with van der Waals surface area (Å²) in [6.45, 7) is 3.93. The zero-order valence-electron chi connectivity index (χ0n) is 12.4.